The van der Waals surface area contributed by atoms with E-state index in [4.69, 9.17) is 5.11 Å². The minimum Gasteiger partial charge on any atom is -0.478 e. The van der Waals surface area contributed by atoms with Crippen molar-refractivity contribution in [3.8, 4) is 0 Å². The average molecular weight is 297 g/mol. The highest BCUT2D eigenvalue weighted by atomic mass is 16.4. The predicted molar refractivity (Wildman–Crippen MR) is 77.9 cm³/mol. The van der Waals surface area contributed by atoms with Gasteiger partial charge in [0.15, 0.2) is 0 Å². The van der Waals surface area contributed by atoms with Crippen LogP contribution in [0.2, 0.25) is 0 Å². The predicted octanol–water partition coefficient (Wildman–Crippen LogP) is 0.671. The minimum atomic E-state index is -1.16. The van der Waals surface area contributed by atoms with Crippen LogP contribution in [0.15, 0.2) is 11.1 Å². The fourth-order valence-corrected chi connectivity index (χ4v) is 2.09. The number of carboxylic acid groups (broad SMARTS) is 1. The van der Waals surface area contributed by atoms with Crippen LogP contribution in [-0.2, 0) is 9.59 Å². The van der Waals surface area contributed by atoms with Gasteiger partial charge < -0.3 is 10.0 Å². The number of nitrogens with one attached hydrogen (secondary N) is 1. The number of carboxylic acids is 1. The summed E-state index contributed by atoms with van der Waals surface area (Å²) in [4.78, 5) is 38.4. The molecule has 21 heavy (non-hydrogen) atoms. The van der Waals surface area contributed by atoms with Gasteiger partial charge in [0.2, 0.25) is 0 Å². The van der Waals surface area contributed by atoms with Crippen molar-refractivity contribution in [3.63, 3.8) is 0 Å². The van der Waals surface area contributed by atoms with E-state index in [1.54, 1.807) is 4.90 Å². The van der Waals surface area contributed by atoms with Gasteiger partial charge in [-0.3, -0.25) is 15.0 Å². The van der Waals surface area contributed by atoms with Crippen molar-refractivity contribution in [1.29, 1.82) is 0 Å². The Labute approximate surface area is 124 Å². The van der Waals surface area contributed by atoms with Crippen molar-refractivity contribution in [2.24, 2.45) is 0 Å². The number of aliphatic carboxylic acids is 1. The molecule has 1 aliphatic rings. The lowest BCUT2D eigenvalue weighted by Gasteiger charge is -2.34. The second-order valence-electron chi connectivity index (χ2n) is 5.14. The topological polar surface area (TPSA) is 90.0 Å². The fraction of sp³-hybridized carbons (Fsp3) is 0.643. The number of carbonyl (C=O) groups excluding carboxylic acids is 2. The van der Waals surface area contributed by atoms with Gasteiger partial charge in [0.05, 0.1) is 0 Å². The highest BCUT2D eigenvalue weighted by Crippen LogP contribution is 2.06. The molecule has 0 radical (unpaired) electrons. The summed E-state index contributed by atoms with van der Waals surface area (Å²) < 4.78 is 0. The number of amides is 3. The quantitative estimate of drug-likeness (QED) is 0.744. The zero-order valence-corrected chi connectivity index (χ0v) is 12.8. The van der Waals surface area contributed by atoms with E-state index in [-0.39, 0.29) is 11.1 Å². The molecule has 1 fully saturated rings. The molecule has 1 saturated heterocycles. The second kappa shape index (κ2) is 7.78. The summed E-state index contributed by atoms with van der Waals surface area (Å²) in [5.41, 5.74) is -0.0199. The minimum absolute atomic E-state index is 0.0421. The van der Waals surface area contributed by atoms with Crippen LogP contribution in [0, 0.1) is 0 Å². The molecule has 2 N–H and O–H groups in total. The molecule has 0 spiro atoms. The van der Waals surface area contributed by atoms with Crippen molar-refractivity contribution in [2.75, 3.05) is 32.7 Å². The molecule has 0 aromatic carbocycles. The summed E-state index contributed by atoms with van der Waals surface area (Å²) >= 11 is 0. The van der Waals surface area contributed by atoms with E-state index in [1.807, 2.05) is 0 Å². The Hall–Kier alpha value is -1.89. The first-order chi connectivity index (χ1) is 9.86. The largest absolute Gasteiger partial charge is 0.478 e. The molecule has 118 valence electrons. The van der Waals surface area contributed by atoms with Crippen LogP contribution in [0.5, 0.6) is 0 Å². The summed E-state index contributed by atoms with van der Waals surface area (Å²) in [6, 6.07) is -0.464. The molecule has 1 heterocycles. The number of rotatable bonds is 4. The van der Waals surface area contributed by atoms with E-state index in [1.165, 1.54) is 13.8 Å². The third-order valence-electron chi connectivity index (χ3n) is 3.64. The lowest BCUT2D eigenvalue weighted by molar-refractivity contribution is -0.133. The van der Waals surface area contributed by atoms with Gasteiger partial charge in [-0.25, -0.2) is 9.59 Å². The van der Waals surface area contributed by atoms with E-state index in [9.17, 15) is 14.4 Å². The SMILES string of the molecule is CCCN1CCN(C(=O)NC(=O)C(C)=C(C)C(=O)O)CC1. The van der Waals surface area contributed by atoms with Crippen LogP contribution in [0.3, 0.4) is 0 Å². The molecule has 3 amide bonds. The molecule has 1 rings (SSSR count). The standard InChI is InChI=1S/C14H23N3O4/c1-4-5-16-6-8-17(9-7-16)14(21)15-12(18)10(2)11(3)13(19)20/h4-9H2,1-3H3,(H,19,20)(H,15,18,21). The zero-order chi connectivity index (χ0) is 16.0. The molecule has 7 heteroatoms. The van der Waals surface area contributed by atoms with Crippen molar-refractivity contribution < 1.29 is 19.5 Å². The summed E-state index contributed by atoms with van der Waals surface area (Å²) in [5, 5.41) is 11.1. The van der Waals surface area contributed by atoms with E-state index < -0.39 is 17.9 Å². The highest BCUT2D eigenvalue weighted by Gasteiger charge is 2.23. The Morgan fingerprint density at radius 1 is 1.05 bits per heavy atom. The number of piperazine rings is 1. The summed E-state index contributed by atoms with van der Waals surface area (Å²) in [6.07, 6.45) is 1.07. The molecule has 0 bridgehead atoms. The Morgan fingerprint density at radius 2 is 1.62 bits per heavy atom. The molecule has 0 saturated carbocycles. The van der Waals surface area contributed by atoms with E-state index >= 15 is 0 Å². The van der Waals surface area contributed by atoms with Gasteiger partial charge in [-0.05, 0) is 26.8 Å². The Morgan fingerprint density at radius 3 is 2.10 bits per heavy atom. The maximum Gasteiger partial charge on any atom is 0.331 e. The van der Waals surface area contributed by atoms with Crippen molar-refractivity contribution in [1.82, 2.24) is 15.1 Å². The van der Waals surface area contributed by atoms with Crippen LogP contribution in [-0.4, -0.2) is 65.5 Å². The molecule has 1 aliphatic heterocycles. The normalized spacial score (nSPS) is 17.2. The van der Waals surface area contributed by atoms with Gasteiger partial charge in [-0.15, -0.1) is 0 Å². The molecular formula is C14H23N3O4. The molecule has 0 atom stereocenters. The van der Waals surface area contributed by atoms with Gasteiger partial charge in [-0.2, -0.15) is 0 Å². The Kier molecular flexibility index (Phi) is 6.36. The molecule has 0 aromatic rings. The maximum absolute atomic E-state index is 12.0. The molecular weight excluding hydrogens is 274 g/mol. The van der Waals surface area contributed by atoms with Gasteiger partial charge in [0.1, 0.15) is 0 Å². The first-order valence-electron chi connectivity index (χ1n) is 7.10. The lowest BCUT2D eigenvalue weighted by Crippen LogP contribution is -2.52. The second-order valence-corrected chi connectivity index (χ2v) is 5.14. The van der Waals surface area contributed by atoms with Crippen molar-refractivity contribution in [2.45, 2.75) is 27.2 Å². The smallest absolute Gasteiger partial charge is 0.331 e. The first kappa shape index (κ1) is 17.2. The summed E-state index contributed by atoms with van der Waals surface area (Å²) in [7, 11) is 0. The number of urea groups is 1. The van der Waals surface area contributed by atoms with E-state index in [0.717, 1.165) is 26.1 Å². The molecule has 7 nitrogen and oxygen atoms in total. The van der Waals surface area contributed by atoms with Crippen LogP contribution in [0.4, 0.5) is 4.79 Å². The highest BCUT2D eigenvalue weighted by molar-refractivity contribution is 6.07. The van der Waals surface area contributed by atoms with Crippen molar-refractivity contribution >= 4 is 17.9 Å². The summed E-state index contributed by atoms with van der Waals surface area (Å²) in [5.74, 6) is -1.82. The number of nitrogens with zero attached hydrogens (tertiary/aromatic N) is 2. The maximum atomic E-state index is 12.0. The van der Waals surface area contributed by atoms with E-state index in [0.29, 0.717) is 13.1 Å². The monoisotopic (exact) mass is 297 g/mol. The first-order valence-corrected chi connectivity index (χ1v) is 7.10. The van der Waals surface area contributed by atoms with Crippen LogP contribution < -0.4 is 5.32 Å². The third kappa shape index (κ3) is 4.86. The fourth-order valence-electron chi connectivity index (χ4n) is 2.09. The third-order valence-corrected chi connectivity index (χ3v) is 3.64. The number of imide groups is 1. The molecule has 0 aromatic heterocycles. The van der Waals surface area contributed by atoms with Crippen LogP contribution in [0.25, 0.3) is 0 Å². The van der Waals surface area contributed by atoms with Gasteiger partial charge in [-0.1, -0.05) is 6.92 Å². The van der Waals surface area contributed by atoms with Crippen molar-refractivity contribution in [3.05, 3.63) is 11.1 Å². The van der Waals surface area contributed by atoms with Crippen LogP contribution in [0.1, 0.15) is 27.2 Å². The van der Waals surface area contributed by atoms with Gasteiger partial charge >= 0.3 is 12.0 Å². The summed E-state index contributed by atoms with van der Waals surface area (Å²) in [6.45, 7) is 8.57. The zero-order valence-electron chi connectivity index (χ0n) is 12.8. The number of hydrogen-bond acceptors (Lipinski definition) is 4. The Bertz CT molecular complexity index is 451. The number of carbonyl (C=O) groups is 3. The number of hydrogen-bond donors (Lipinski definition) is 2. The van der Waals surface area contributed by atoms with Crippen LogP contribution >= 0.6 is 0 Å². The van der Waals surface area contributed by atoms with E-state index in [2.05, 4.69) is 17.1 Å². The Balaban J connectivity index is 2.53. The lowest BCUT2D eigenvalue weighted by atomic mass is 10.1. The van der Waals surface area contributed by atoms with Gasteiger partial charge in [0, 0.05) is 37.3 Å². The molecule has 0 unspecified atom stereocenters. The van der Waals surface area contributed by atoms with Gasteiger partial charge in [0.25, 0.3) is 5.91 Å². The molecule has 0 aliphatic carbocycles. The average Bonchev–Trinajstić information content (AvgIpc) is 2.46.